The molecule has 0 radical (unpaired) electrons. The van der Waals surface area contributed by atoms with Crippen molar-refractivity contribution in [2.75, 3.05) is 0 Å². The van der Waals surface area contributed by atoms with Crippen molar-refractivity contribution in [2.45, 2.75) is 19.7 Å². The summed E-state index contributed by atoms with van der Waals surface area (Å²) in [7, 11) is 0. The molecule has 0 aliphatic carbocycles. The van der Waals surface area contributed by atoms with Gasteiger partial charge in [0.05, 0.1) is 12.1 Å². The number of benzene rings is 3. The van der Waals surface area contributed by atoms with Crippen LogP contribution in [0.2, 0.25) is 0 Å². The van der Waals surface area contributed by atoms with E-state index in [1.807, 2.05) is 30.3 Å². The van der Waals surface area contributed by atoms with Crippen LogP contribution in [0.3, 0.4) is 0 Å². The SMILES string of the molecule is O=C(NCc1ccc(Cn2cncn2)cc1)c1ccccc1OCc1ccc(F)cc1. The third-order valence-corrected chi connectivity index (χ3v) is 4.73. The molecule has 0 atom stereocenters. The van der Waals surface area contributed by atoms with Gasteiger partial charge in [0, 0.05) is 6.54 Å². The van der Waals surface area contributed by atoms with Crippen molar-refractivity contribution in [2.24, 2.45) is 0 Å². The van der Waals surface area contributed by atoms with Crippen molar-refractivity contribution in [1.82, 2.24) is 20.1 Å². The molecular weight excluding hydrogens is 395 g/mol. The summed E-state index contributed by atoms with van der Waals surface area (Å²) >= 11 is 0. The molecule has 1 N–H and O–H groups in total. The normalized spacial score (nSPS) is 10.6. The Hall–Kier alpha value is -4.00. The van der Waals surface area contributed by atoms with Crippen LogP contribution in [0.15, 0.2) is 85.5 Å². The number of amides is 1. The quantitative estimate of drug-likeness (QED) is 0.472. The fourth-order valence-electron chi connectivity index (χ4n) is 3.06. The van der Waals surface area contributed by atoms with Gasteiger partial charge in [0.25, 0.3) is 5.91 Å². The molecule has 1 heterocycles. The molecule has 0 fully saturated rings. The van der Waals surface area contributed by atoms with Crippen molar-refractivity contribution >= 4 is 5.91 Å². The van der Waals surface area contributed by atoms with Crippen LogP contribution in [0.25, 0.3) is 0 Å². The van der Waals surface area contributed by atoms with Gasteiger partial charge in [0.1, 0.15) is 30.8 Å². The van der Waals surface area contributed by atoms with Crippen molar-refractivity contribution < 1.29 is 13.9 Å². The molecule has 0 unspecified atom stereocenters. The van der Waals surface area contributed by atoms with Gasteiger partial charge in [-0.15, -0.1) is 0 Å². The maximum atomic E-state index is 13.1. The fourth-order valence-corrected chi connectivity index (χ4v) is 3.06. The second kappa shape index (κ2) is 9.67. The fraction of sp³-hybridized carbons (Fsp3) is 0.125. The molecule has 0 aliphatic rings. The second-order valence-corrected chi connectivity index (χ2v) is 7.00. The summed E-state index contributed by atoms with van der Waals surface area (Å²) < 4.78 is 20.6. The second-order valence-electron chi connectivity index (χ2n) is 7.00. The lowest BCUT2D eigenvalue weighted by Crippen LogP contribution is -2.23. The number of halogens is 1. The highest BCUT2D eigenvalue weighted by Crippen LogP contribution is 2.20. The Labute approximate surface area is 179 Å². The first kappa shape index (κ1) is 20.3. The van der Waals surface area contributed by atoms with Crippen molar-refractivity contribution in [1.29, 1.82) is 0 Å². The van der Waals surface area contributed by atoms with E-state index < -0.39 is 0 Å². The number of aromatic nitrogens is 3. The molecule has 1 amide bonds. The zero-order valence-corrected chi connectivity index (χ0v) is 16.7. The predicted octanol–water partition coefficient (Wildman–Crippen LogP) is 3.97. The molecule has 0 spiro atoms. The smallest absolute Gasteiger partial charge is 0.255 e. The topological polar surface area (TPSA) is 69.0 Å². The Bertz CT molecular complexity index is 1130. The van der Waals surface area contributed by atoms with Crippen molar-refractivity contribution in [3.8, 4) is 5.75 Å². The van der Waals surface area contributed by atoms with E-state index in [9.17, 15) is 9.18 Å². The van der Waals surface area contributed by atoms with Crippen LogP contribution >= 0.6 is 0 Å². The standard InChI is InChI=1S/C24H21FN4O2/c25-21-11-9-20(10-12-21)15-31-23-4-2-1-3-22(23)24(30)27-13-18-5-7-19(8-6-18)14-29-17-26-16-28-29/h1-12,16-17H,13-15H2,(H,27,30). The van der Waals surface area contributed by atoms with Crippen molar-refractivity contribution in [3.63, 3.8) is 0 Å². The largest absolute Gasteiger partial charge is 0.488 e. The number of rotatable bonds is 8. The van der Waals surface area contributed by atoms with E-state index in [-0.39, 0.29) is 18.3 Å². The molecular formula is C24H21FN4O2. The third-order valence-electron chi connectivity index (χ3n) is 4.73. The lowest BCUT2D eigenvalue weighted by Gasteiger charge is -2.12. The van der Waals surface area contributed by atoms with Crippen LogP contribution in [0.1, 0.15) is 27.0 Å². The molecule has 0 bridgehead atoms. The van der Waals surface area contributed by atoms with Crippen LogP contribution < -0.4 is 10.1 Å². The average Bonchev–Trinajstić information content (AvgIpc) is 3.31. The van der Waals surface area contributed by atoms with Gasteiger partial charge >= 0.3 is 0 Å². The van der Waals surface area contributed by atoms with Gasteiger partial charge < -0.3 is 10.1 Å². The number of carbonyl (C=O) groups is 1. The Morgan fingerprint density at radius 3 is 2.39 bits per heavy atom. The predicted molar refractivity (Wildman–Crippen MR) is 114 cm³/mol. The first-order valence-electron chi connectivity index (χ1n) is 9.82. The first-order valence-corrected chi connectivity index (χ1v) is 9.82. The van der Waals surface area contributed by atoms with Crippen LogP contribution in [0.5, 0.6) is 5.75 Å². The Morgan fingerprint density at radius 2 is 1.65 bits per heavy atom. The maximum absolute atomic E-state index is 13.1. The molecule has 156 valence electrons. The Morgan fingerprint density at radius 1 is 0.935 bits per heavy atom. The molecule has 3 aromatic carbocycles. The number of hydrogen-bond acceptors (Lipinski definition) is 4. The highest BCUT2D eigenvalue weighted by Gasteiger charge is 2.12. The highest BCUT2D eigenvalue weighted by molar-refractivity contribution is 5.96. The van der Waals surface area contributed by atoms with Gasteiger partial charge in [-0.3, -0.25) is 4.79 Å². The number of carbonyl (C=O) groups excluding carboxylic acids is 1. The van der Waals surface area contributed by atoms with E-state index in [0.29, 0.717) is 24.4 Å². The van der Waals surface area contributed by atoms with Gasteiger partial charge in [-0.2, -0.15) is 5.10 Å². The minimum atomic E-state index is -0.296. The molecule has 7 heteroatoms. The van der Waals surface area contributed by atoms with E-state index >= 15 is 0 Å². The minimum absolute atomic E-state index is 0.221. The summed E-state index contributed by atoms with van der Waals surface area (Å²) in [6.07, 6.45) is 3.18. The van der Waals surface area contributed by atoms with Crippen molar-refractivity contribution in [3.05, 3.63) is 114 Å². The molecule has 1 aromatic heterocycles. The minimum Gasteiger partial charge on any atom is -0.488 e. The number of nitrogens with zero attached hydrogens (tertiary/aromatic N) is 3. The Kier molecular flexibility index (Phi) is 6.32. The summed E-state index contributed by atoms with van der Waals surface area (Å²) in [5.74, 6) is -0.0381. The zero-order valence-electron chi connectivity index (χ0n) is 16.7. The lowest BCUT2D eigenvalue weighted by atomic mass is 10.1. The number of nitrogens with one attached hydrogen (secondary N) is 1. The summed E-state index contributed by atoms with van der Waals surface area (Å²) in [6, 6.07) is 21.1. The maximum Gasteiger partial charge on any atom is 0.255 e. The van der Waals surface area contributed by atoms with Crippen LogP contribution in [-0.2, 0) is 19.7 Å². The lowest BCUT2D eigenvalue weighted by molar-refractivity contribution is 0.0946. The number of ether oxygens (including phenoxy) is 1. The first-order chi connectivity index (χ1) is 15.2. The molecule has 31 heavy (non-hydrogen) atoms. The van der Waals surface area contributed by atoms with Gasteiger partial charge in [0.2, 0.25) is 0 Å². The van der Waals surface area contributed by atoms with Gasteiger partial charge in [-0.25, -0.2) is 14.1 Å². The van der Waals surface area contributed by atoms with Gasteiger partial charge in [-0.05, 0) is 41.0 Å². The molecule has 4 aromatic rings. The van der Waals surface area contributed by atoms with Crippen LogP contribution in [0, 0.1) is 5.82 Å². The number of hydrogen-bond donors (Lipinski definition) is 1. The van der Waals surface area contributed by atoms with E-state index in [1.54, 1.807) is 41.3 Å². The third kappa shape index (κ3) is 5.54. The zero-order chi connectivity index (χ0) is 21.5. The van der Waals surface area contributed by atoms with Crippen LogP contribution in [0.4, 0.5) is 4.39 Å². The van der Waals surface area contributed by atoms with Gasteiger partial charge in [-0.1, -0.05) is 48.5 Å². The summed E-state index contributed by atoms with van der Waals surface area (Å²) in [5.41, 5.74) is 3.36. The van der Waals surface area contributed by atoms with Gasteiger partial charge in [0.15, 0.2) is 0 Å². The summed E-state index contributed by atoms with van der Waals surface area (Å²) in [4.78, 5) is 16.6. The summed E-state index contributed by atoms with van der Waals surface area (Å²) in [6.45, 7) is 1.29. The van der Waals surface area contributed by atoms with E-state index in [1.165, 1.54) is 18.5 Å². The molecule has 0 aliphatic heterocycles. The molecule has 0 saturated heterocycles. The summed E-state index contributed by atoms with van der Waals surface area (Å²) in [5, 5.41) is 7.02. The Balaban J connectivity index is 1.34. The monoisotopic (exact) mass is 416 g/mol. The number of para-hydroxylation sites is 1. The van der Waals surface area contributed by atoms with Crippen LogP contribution in [-0.4, -0.2) is 20.7 Å². The average molecular weight is 416 g/mol. The molecule has 6 nitrogen and oxygen atoms in total. The molecule has 0 saturated carbocycles. The van der Waals surface area contributed by atoms with E-state index in [2.05, 4.69) is 15.4 Å². The van der Waals surface area contributed by atoms with E-state index in [4.69, 9.17) is 4.74 Å². The highest BCUT2D eigenvalue weighted by atomic mass is 19.1. The van der Waals surface area contributed by atoms with E-state index in [0.717, 1.165) is 16.7 Å². The molecule has 4 rings (SSSR count).